The molecule has 0 saturated carbocycles. The summed E-state index contributed by atoms with van der Waals surface area (Å²) in [6, 6.07) is 21.4. The Morgan fingerprint density at radius 3 is 1.07 bits per heavy atom. The first-order valence-electron chi connectivity index (χ1n) is 16.9. The Balaban J connectivity index is 2.00. The lowest BCUT2D eigenvalue weighted by molar-refractivity contribution is 0.103. The number of benzene rings is 4. The Bertz CT molecular complexity index is 1490. The van der Waals surface area contributed by atoms with Gasteiger partial charge in [0, 0.05) is 17.5 Å². The molecule has 0 atom stereocenters. The zero-order valence-electron chi connectivity index (χ0n) is 29.9. The molecule has 4 nitrogen and oxygen atoms in total. The van der Waals surface area contributed by atoms with Crippen LogP contribution < -0.4 is 18.9 Å². The number of ether oxygens (including phenoxy) is 4. The van der Waals surface area contributed by atoms with Gasteiger partial charge in [0.1, 0.15) is 45.4 Å². The van der Waals surface area contributed by atoms with E-state index >= 15 is 0 Å². The Morgan fingerprint density at radius 2 is 0.733 bits per heavy atom. The highest BCUT2D eigenvalue weighted by atomic mass is 16.5. The molecule has 0 saturated heterocycles. The number of hydrogen-bond acceptors (Lipinski definition) is 4. The van der Waals surface area contributed by atoms with Crippen molar-refractivity contribution in [1.29, 1.82) is 0 Å². The molecule has 0 unspecified atom stereocenters. The van der Waals surface area contributed by atoms with Gasteiger partial charge in [-0.1, -0.05) is 52.0 Å². The lowest BCUT2D eigenvalue weighted by atomic mass is 9.92. The average Bonchev–Trinajstić information content (AvgIpc) is 2.98. The van der Waals surface area contributed by atoms with E-state index in [2.05, 4.69) is 144 Å². The maximum absolute atomic E-state index is 6.80. The summed E-state index contributed by atoms with van der Waals surface area (Å²) in [6.45, 7) is 25.8. The second-order valence-electron chi connectivity index (χ2n) is 14.9. The van der Waals surface area contributed by atoms with Gasteiger partial charge in [0.2, 0.25) is 0 Å². The molecule has 0 N–H and O–H groups in total. The van der Waals surface area contributed by atoms with Gasteiger partial charge in [0.15, 0.2) is 0 Å². The van der Waals surface area contributed by atoms with Gasteiger partial charge in [-0.15, -0.1) is 0 Å². The van der Waals surface area contributed by atoms with Gasteiger partial charge >= 0.3 is 0 Å². The monoisotopic (exact) mass is 612 g/mol. The summed E-state index contributed by atoms with van der Waals surface area (Å²) in [5.74, 6) is 3.50. The van der Waals surface area contributed by atoms with Crippen LogP contribution in [0.3, 0.4) is 0 Å². The lowest BCUT2D eigenvalue weighted by Gasteiger charge is -2.29. The largest absolute Gasteiger partial charge is 0.488 e. The lowest BCUT2D eigenvalue weighted by Crippen LogP contribution is -2.28. The molecular weight excluding hydrogens is 556 g/mol. The molecule has 4 heteroatoms. The summed E-state index contributed by atoms with van der Waals surface area (Å²) in [5.41, 5.74) is 1.07. The van der Waals surface area contributed by atoms with Crippen molar-refractivity contribution in [3.8, 4) is 23.0 Å². The van der Waals surface area contributed by atoms with Crippen LogP contribution in [0.4, 0.5) is 0 Å². The SMILES string of the molecule is CCC(C)(C)Oc1ccc2ccc(OC(C)(C)CC)c(Cc3c(OC(C)(C)CC)ccc4ccc(OC(C)(C)CC)cc34)c2c1. The number of rotatable bonds is 14. The van der Waals surface area contributed by atoms with Crippen LogP contribution in [-0.2, 0) is 6.42 Å². The highest BCUT2D eigenvalue weighted by Gasteiger charge is 2.25. The standard InChI is InChI=1S/C41H56O4/c1-13-38(5,6)42-30-21-17-28-19-23-36(44-40(9,10)15-3)34(32(28)25-30)27-35-33-26-31(43-39(7,8)14-2)22-18-29(33)20-24-37(35)45-41(11,12)16-4/h17-26H,13-16,27H2,1-12H3. The highest BCUT2D eigenvalue weighted by Crippen LogP contribution is 2.41. The molecule has 0 heterocycles. The van der Waals surface area contributed by atoms with Gasteiger partial charge in [-0.05, 0) is 139 Å². The minimum absolute atomic E-state index is 0.267. The third kappa shape index (κ3) is 8.45. The molecular formula is C41H56O4. The second-order valence-corrected chi connectivity index (χ2v) is 14.9. The predicted octanol–water partition coefficient (Wildman–Crippen LogP) is 11.9. The van der Waals surface area contributed by atoms with Gasteiger partial charge in [0.05, 0.1) is 0 Å². The first kappa shape index (κ1) is 34.5. The average molecular weight is 613 g/mol. The van der Waals surface area contributed by atoms with Crippen LogP contribution in [0.1, 0.15) is 120 Å². The third-order valence-corrected chi connectivity index (χ3v) is 9.44. The van der Waals surface area contributed by atoms with Gasteiger partial charge in [-0.2, -0.15) is 0 Å². The van der Waals surface area contributed by atoms with Crippen molar-refractivity contribution in [3.63, 3.8) is 0 Å². The molecule has 45 heavy (non-hydrogen) atoms. The number of hydrogen-bond donors (Lipinski definition) is 0. The normalized spacial score (nSPS) is 12.9. The van der Waals surface area contributed by atoms with Crippen molar-refractivity contribution in [3.05, 3.63) is 71.8 Å². The van der Waals surface area contributed by atoms with Crippen molar-refractivity contribution >= 4 is 21.5 Å². The molecule has 0 fully saturated rings. The van der Waals surface area contributed by atoms with E-state index in [1.165, 1.54) is 0 Å². The Hall–Kier alpha value is -3.40. The van der Waals surface area contributed by atoms with E-state index in [0.717, 1.165) is 81.4 Å². The first-order valence-corrected chi connectivity index (χ1v) is 16.9. The van der Waals surface area contributed by atoms with Crippen molar-refractivity contribution in [2.75, 3.05) is 0 Å². The van der Waals surface area contributed by atoms with Crippen molar-refractivity contribution < 1.29 is 18.9 Å². The van der Waals surface area contributed by atoms with Gasteiger partial charge in [0.25, 0.3) is 0 Å². The molecule has 0 aromatic heterocycles. The van der Waals surface area contributed by atoms with Crippen LogP contribution in [0.2, 0.25) is 0 Å². The van der Waals surface area contributed by atoms with Crippen LogP contribution in [0, 0.1) is 0 Å². The molecule has 0 radical (unpaired) electrons. The number of fused-ring (bicyclic) bond motifs is 2. The molecule has 0 amide bonds. The molecule has 244 valence electrons. The predicted molar refractivity (Wildman–Crippen MR) is 191 cm³/mol. The summed E-state index contributed by atoms with van der Waals surface area (Å²) in [6.07, 6.45) is 4.23. The van der Waals surface area contributed by atoms with E-state index in [4.69, 9.17) is 18.9 Å². The molecule has 0 spiro atoms. The molecule has 0 bridgehead atoms. The van der Waals surface area contributed by atoms with Crippen molar-refractivity contribution in [2.45, 2.75) is 138 Å². The van der Waals surface area contributed by atoms with E-state index in [0.29, 0.717) is 6.42 Å². The molecule has 0 aliphatic rings. The van der Waals surface area contributed by atoms with E-state index in [1.54, 1.807) is 0 Å². The fraction of sp³-hybridized carbons (Fsp3) is 0.512. The summed E-state index contributed by atoms with van der Waals surface area (Å²) < 4.78 is 26.6. The van der Waals surface area contributed by atoms with Crippen molar-refractivity contribution in [1.82, 2.24) is 0 Å². The maximum Gasteiger partial charge on any atom is 0.124 e. The van der Waals surface area contributed by atoms with E-state index < -0.39 is 0 Å². The van der Waals surface area contributed by atoms with Crippen LogP contribution in [-0.4, -0.2) is 22.4 Å². The summed E-state index contributed by atoms with van der Waals surface area (Å²) in [4.78, 5) is 0. The Kier molecular flexibility index (Phi) is 10.1. The minimum Gasteiger partial charge on any atom is -0.488 e. The highest BCUT2D eigenvalue weighted by molar-refractivity contribution is 5.93. The molecule has 0 aliphatic carbocycles. The van der Waals surface area contributed by atoms with Gasteiger partial charge < -0.3 is 18.9 Å². The smallest absolute Gasteiger partial charge is 0.124 e. The second kappa shape index (κ2) is 13.1. The fourth-order valence-electron chi connectivity index (χ4n) is 5.06. The van der Waals surface area contributed by atoms with Gasteiger partial charge in [-0.25, -0.2) is 0 Å². The van der Waals surface area contributed by atoms with Gasteiger partial charge in [-0.3, -0.25) is 0 Å². The van der Waals surface area contributed by atoms with Crippen LogP contribution in [0.5, 0.6) is 23.0 Å². The summed E-state index contributed by atoms with van der Waals surface area (Å²) in [7, 11) is 0. The van der Waals surface area contributed by atoms with Crippen molar-refractivity contribution in [2.24, 2.45) is 0 Å². The molecule has 4 aromatic rings. The molecule has 4 aromatic carbocycles. The molecule has 0 aliphatic heterocycles. The first-order chi connectivity index (χ1) is 21.0. The van der Waals surface area contributed by atoms with Crippen LogP contribution >= 0.6 is 0 Å². The van der Waals surface area contributed by atoms with E-state index in [-0.39, 0.29) is 22.4 Å². The van der Waals surface area contributed by atoms with Crippen LogP contribution in [0.15, 0.2) is 60.7 Å². The zero-order chi connectivity index (χ0) is 33.2. The Labute approximate surface area is 272 Å². The van der Waals surface area contributed by atoms with Crippen LogP contribution in [0.25, 0.3) is 21.5 Å². The summed E-state index contributed by atoms with van der Waals surface area (Å²) in [5, 5.41) is 4.55. The zero-order valence-corrected chi connectivity index (χ0v) is 29.9. The molecule has 4 rings (SSSR count). The van der Waals surface area contributed by atoms with E-state index in [1.807, 2.05) is 0 Å². The van der Waals surface area contributed by atoms with E-state index in [9.17, 15) is 0 Å². The minimum atomic E-state index is -0.324. The third-order valence-electron chi connectivity index (χ3n) is 9.44. The fourth-order valence-corrected chi connectivity index (χ4v) is 5.06. The Morgan fingerprint density at radius 1 is 0.422 bits per heavy atom. The maximum atomic E-state index is 6.80. The summed E-state index contributed by atoms with van der Waals surface area (Å²) >= 11 is 0. The topological polar surface area (TPSA) is 36.9 Å². The quantitative estimate of drug-likeness (QED) is 0.142.